The average molecular weight is 296 g/mol. The molecule has 114 valence electrons. The molecule has 0 N–H and O–H groups in total. The quantitative estimate of drug-likeness (QED) is 0.590. The second-order valence-electron chi connectivity index (χ2n) is 5.53. The minimum Gasteiger partial charge on any atom is -0.497 e. The van der Waals surface area contributed by atoms with Gasteiger partial charge in [0.05, 0.1) is 13.5 Å². The first kappa shape index (κ1) is 16.0. The summed E-state index contributed by atoms with van der Waals surface area (Å²) in [5, 5.41) is 0. The van der Waals surface area contributed by atoms with Gasteiger partial charge in [0.25, 0.3) is 0 Å². The van der Waals surface area contributed by atoms with Crippen LogP contribution in [0, 0.1) is 0 Å². The highest BCUT2D eigenvalue weighted by Crippen LogP contribution is 2.17. The molecule has 0 radical (unpaired) electrons. The first-order chi connectivity index (χ1) is 10.5. The molecule has 0 unspecified atom stereocenters. The summed E-state index contributed by atoms with van der Waals surface area (Å²) in [6, 6.07) is 14.3. The lowest BCUT2D eigenvalue weighted by molar-refractivity contribution is 0.0894. The van der Waals surface area contributed by atoms with Crippen LogP contribution in [0.25, 0.3) is 0 Å². The third-order valence-corrected chi connectivity index (χ3v) is 3.63. The van der Waals surface area contributed by atoms with Crippen LogP contribution < -0.4 is 4.74 Å². The second-order valence-corrected chi connectivity index (χ2v) is 5.53. The lowest BCUT2D eigenvalue weighted by Gasteiger charge is -2.06. The maximum Gasteiger partial charge on any atom is 0.170 e. The summed E-state index contributed by atoms with van der Waals surface area (Å²) < 4.78 is 5.05. The number of carbonyl (C=O) groups is 2. The van der Waals surface area contributed by atoms with Crippen molar-refractivity contribution >= 4 is 11.6 Å². The predicted octanol–water partition coefficient (Wildman–Crippen LogP) is 4.27. The molecular weight excluding hydrogens is 276 g/mol. The zero-order valence-electron chi connectivity index (χ0n) is 13.1. The largest absolute Gasteiger partial charge is 0.497 e. The number of ether oxygens (including phenoxy) is 1. The summed E-state index contributed by atoms with van der Waals surface area (Å²) in [5.74, 6) is 0.772. The van der Waals surface area contributed by atoms with Gasteiger partial charge in [0.1, 0.15) is 5.75 Å². The third kappa shape index (κ3) is 3.82. The maximum atomic E-state index is 12.2. The number of hydrogen-bond donors (Lipinski definition) is 0. The van der Waals surface area contributed by atoms with Crippen LogP contribution in [0.4, 0.5) is 0 Å². The highest BCUT2D eigenvalue weighted by molar-refractivity contribution is 6.13. The van der Waals surface area contributed by atoms with E-state index >= 15 is 0 Å². The lowest BCUT2D eigenvalue weighted by atomic mass is 9.98. The van der Waals surface area contributed by atoms with Crippen LogP contribution in [0.5, 0.6) is 5.75 Å². The normalized spacial score (nSPS) is 10.5. The van der Waals surface area contributed by atoms with Crippen LogP contribution in [-0.4, -0.2) is 18.7 Å². The van der Waals surface area contributed by atoms with Gasteiger partial charge in [-0.2, -0.15) is 0 Å². The third-order valence-electron chi connectivity index (χ3n) is 3.63. The Labute approximate surface area is 130 Å². The smallest absolute Gasteiger partial charge is 0.170 e. The maximum absolute atomic E-state index is 12.2. The standard InChI is InChI=1S/C19H20O3/c1-13(2)14-4-6-15(7-5-14)18(20)12-19(21)16-8-10-17(22-3)11-9-16/h4-11,13H,12H2,1-3H3. The van der Waals surface area contributed by atoms with Gasteiger partial charge < -0.3 is 4.74 Å². The van der Waals surface area contributed by atoms with Crippen molar-refractivity contribution in [2.24, 2.45) is 0 Å². The van der Waals surface area contributed by atoms with Gasteiger partial charge in [-0.15, -0.1) is 0 Å². The molecule has 0 heterocycles. The summed E-state index contributed by atoms with van der Waals surface area (Å²) >= 11 is 0. The molecule has 3 heteroatoms. The van der Waals surface area contributed by atoms with Crippen molar-refractivity contribution in [1.82, 2.24) is 0 Å². The van der Waals surface area contributed by atoms with Crippen LogP contribution in [0.15, 0.2) is 48.5 Å². The van der Waals surface area contributed by atoms with Gasteiger partial charge in [-0.1, -0.05) is 38.1 Å². The van der Waals surface area contributed by atoms with Gasteiger partial charge in [-0.05, 0) is 35.7 Å². The first-order valence-corrected chi connectivity index (χ1v) is 7.31. The van der Waals surface area contributed by atoms with Gasteiger partial charge in [0.2, 0.25) is 0 Å². The van der Waals surface area contributed by atoms with E-state index in [2.05, 4.69) is 13.8 Å². The Bertz CT molecular complexity index is 652. The van der Waals surface area contributed by atoms with Crippen molar-refractivity contribution in [2.75, 3.05) is 7.11 Å². The molecule has 0 saturated carbocycles. The molecule has 0 aliphatic heterocycles. The number of benzene rings is 2. The van der Waals surface area contributed by atoms with E-state index in [1.807, 2.05) is 12.1 Å². The van der Waals surface area contributed by atoms with Crippen LogP contribution in [0.3, 0.4) is 0 Å². The van der Waals surface area contributed by atoms with Gasteiger partial charge in [0, 0.05) is 11.1 Å². The van der Waals surface area contributed by atoms with Crippen molar-refractivity contribution in [1.29, 1.82) is 0 Å². The highest BCUT2D eigenvalue weighted by atomic mass is 16.5. The monoisotopic (exact) mass is 296 g/mol. The van der Waals surface area contributed by atoms with Crippen LogP contribution in [0.1, 0.15) is 52.5 Å². The van der Waals surface area contributed by atoms with Crippen molar-refractivity contribution in [2.45, 2.75) is 26.2 Å². The molecule has 0 aliphatic carbocycles. The molecule has 3 nitrogen and oxygen atoms in total. The second kappa shape index (κ2) is 7.03. The zero-order valence-corrected chi connectivity index (χ0v) is 13.1. The van der Waals surface area contributed by atoms with Crippen molar-refractivity contribution in [3.63, 3.8) is 0 Å². The average Bonchev–Trinajstić information content (AvgIpc) is 2.54. The fraction of sp³-hybridized carbons (Fsp3) is 0.263. The number of ketones is 2. The van der Waals surface area contributed by atoms with Crippen molar-refractivity contribution < 1.29 is 14.3 Å². The Balaban J connectivity index is 2.05. The highest BCUT2D eigenvalue weighted by Gasteiger charge is 2.14. The van der Waals surface area contributed by atoms with Crippen LogP contribution in [0.2, 0.25) is 0 Å². The summed E-state index contributed by atoms with van der Waals surface area (Å²) in [4.78, 5) is 24.3. The predicted molar refractivity (Wildman–Crippen MR) is 86.8 cm³/mol. The molecule has 0 amide bonds. The summed E-state index contributed by atoms with van der Waals surface area (Å²) in [5.41, 5.74) is 2.28. The number of hydrogen-bond acceptors (Lipinski definition) is 3. The molecule has 0 fully saturated rings. The van der Waals surface area contributed by atoms with E-state index in [0.717, 1.165) is 0 Å². The number of methoxy groups -OCH3 is 1. The Morgan fingerprint density at radius 1 is 0.864 bits per heavy atom. The molecule has 0 saturated heterocycles. The SMILES string of the molecule is COc1ccc(C(=O)CC(=O)c2ccc(C(C)C)cc2)cc1. The van der Waals surface area contributed by atoms with Crippen LogP contribution >= 0.6 is 0 Å². The molecule has 0 spiro atoms. The topological polar surface area (TPSA) is 43.4 Å². The fourth-order valence-corrected chi connectivity index (χ4v) is 2.18. The number of Topliss-reactive ketones (excluding diaryl/α,β-unsaturated/α-hetero) is 2. The van der Waals surface area contributed by atoms with E-state index in [0.29, 0.717) is 22.8 Å². The van der Waals surface area contributed by atoms with Gasteiger partial charge in [-0.25, -0.2) is 0 Å². The molecule has 0 bridgehead atoms. The molecular formula is C19H20O3. The summed E-state index contributed by atoms with van der Waals surface area (Å²) in [6.07, 6.45) is -0.118. The molecule has 0 aliphatic rings. The fourth-order valence-electron chi connectivity index (χ4n) is 2.18. The number of rotatable bonds is 6. The van der Waals surface area contributed by atoms with Gasteiger partial charge in [0.15, 0.2) is 11.6 Å². The Morgan fingerprint density at radius 2 is 1.32 bits per heavy atom. The van der Waals surface area contributed by atoms with E-state index in [9.17, 15) is 9.59 Å². The van der Waals surface area contributed by atoms with E-state index < -0.39 is 0 Å². The van der Waals surface area contributed by atoms with E-state index in [1.165, 1.54) is 5.56 Å². The van der Waals surface area contributed by atoms with Gasteiger partial charge in [-0.3, -0.25) is 9.59 Å². The van der Waals surface area contributed by atoms with E-state index in [4.69, 9.17) is 4.74 Å². The van der Waals surface area contributed by atoms with Crippen molar-refractivity contribution in [3.05, 3.63) is 65.2 Å². The molecule has 22 heavy (non-hydrogen) atoms. The molecule has 0 aromatic heterocycles. The van der Waals surface area contributed by atoms with Crippen LogP contribution in [-0.2, 0) is 0 Å². The lowest BCUT2D eigenvalue weighted by Crippen LogP contribution is -2.08. The van der Waals surface area contributed by atoms with Gasteiger partial charge >= 0.3 is 0 Å². The first-order valence-electron chi connectivity index (χ1n) is 7.31. The minimum absolute atomic E-state index is 0.118. The van der Waals surface area contributed by atoms with Crippen molar-refractivity contribution in [3.8, 4) is 5.75 Å². The minimum atomic E-state index is -0.180. The summed E-state index contributed by atoms with van der Waals surface area (Å²) in [7, 11) is 1.57. The van der Waals surface area contributed by atoms with E-state index in [-0.39, 0.29) is 18.0 Å². The van der Waals surface area contributed by atoms with E-state index in [1.54, 1.807) is 43.5 Å². The molecule has 2 rings (SSSR count). The zero-order chi connectivity index (χ0) is 16.1. The Hall–Kier alpha value is -2.42. The molecule has 0 atom stereocenters. The molecule has 2 aromatic carbocycles. The Kier molecular flexibility index (Phi) is 5.10. The Morgan fingerprint density at radius 3 is 1.73 bits per heavy atom. The molecule has 2 aromatic rings. The summed E-state index contributed by atoms with van der Waals surface area (Å²) in [6.45, 7) is 4.20. The number of carbonyl (C=O) groups excluding carboxylic acids is 2.